The van der Waals surface area contributed by atoms with Crippen molar-refractivity contribution < 1.29 is 34.8 Å². The highest BCUT2D eigenvalue weighted by molar-refractivity contribution is 6.08. The molecule has 79 heavy (non-hydrogen) atoms. The van der Waals surface area contributed by atoms with Crippen molar-refractivity contribution in [2.24, 2.45) is 63.9 Å². The molecule has 1 spiro atoms. The topological polar surface area (TPSA) is 198 Å². The molecule has 3 aromatic rings. The van der Waals surface area contributed by atoms with E-state index in [0.29, 0.717) is 89.6 Å². The van der Waals surface area contributed by atoms with Crippen LogP contribution in [0.4, 0.5) is 0 Å². The fourth-order valence-corrected chi connectivity index (χ4v) is 18.0. The Hall–Kier alpha value is -4.92. The van der Waals surface area contributed by atoms with E-state index in [9.17, 15) is 30.0 Å². The summed E-state index contributed by atoms with van der Waals surface area (Å²) < 4.78 is 5.45. The molecule has 13 atom stereocenters. The normalized spacial score (nSPS) is 31.9. The average Bonchev–Trinajstić information content (AvgIpc) is 4.15. The van der Waals surface area contributed by atoms with Crippen LogP contribution in [0.3, 0.4) is 0 Å². The molecule has 1 saturated heterocycles. The third kappa shape index (κ3) is 11.9. The Morgan fingerprint density at radius 2 is 1.71 bits per heavy atom. The van der Waals surface area contributed by atoms with E-state index >= 15 is 0 Å². The number of hydrogen-bond acceptors (Lipinski definition) is 12. The van der Waals surface area contributed by atoms with Gasteiger partial charge in [-0.1, -0.05) is 79.6 Å². The Bertz CT molecular complexity index is 2770. The molecule has 6 saturated carbocycles. The molecule has 12 nitrogen and oxygen atoms in total. The van der Waals surface area contributed by atoms with Crippen LogP contribution in [0.15, 0.2) is 108 Å². The molecule has 12 rings (SSSR count). The molecule has 4 bridgehead atoms. The smallest absolute Gasteiger partial charge is 0.186 e. The molecular weight excluding hydrogens is 987 g/mol. The largest absolute Gasteiger partial charge is 0.504 e. The van der Waals surface area contributed by atoms with Gasteiger partial charge in [-0.15, -0.1) is 0 Å². The second kappa shape index (κ2) is 24.7. The molecule has 3 aliphatic heterocycles. The number of phenolic OH excluding ortho intramolecular Hbond substituents is 1. The van der Waals surface area contributed by atoms with Crippen LogP contribution in [0.2, 0.25) is 0 Å². The maximum atomic E-state index is 14.6. The molecule has 9 aliphatic rings. The van der Waals surface area contributed by atoms with Crippen LogP contribution in [-0.2, 0) is 35.3 Å². The molecule has 424 valence electrons. The van der Waals surface area contributed by atoms with Crippen molar-refractivity contribution >= 4 is 17.1 Å². The number of nitrogens with one attached hydrogen (secondary N) is 4. The van der Waals surface area contributed by atoms with Gasteiger partial charge in [0.05, 0.1) is 25.3 Å². The van der Waals surface area contributed by atoms with E-state index in [1.807, 2.05) is 25.3 Å². The molecule has 13 unspecified atom stereocenters. The summed E-state index contributed by atoms with van der Waals surface area (Å²) in [7, 11) is 0. The monoisotopic (exact) mass is 1080 g/mol. The Kier molecular flexibility index (Phi) is 17.5. The van der Waals surface area contributed by atoms with Gasteiger partial charge >= 0.3 is 0 Å². The average molecular weight is 1080 g/mol. The van der Waals surface area contributed by atoms with Crippen LogP contribution in [-0.4, -0.2) is 95.9 Å². The quantitative estimate of drug-likeness (QED) is 0.0202. The Morgan fingerprint density at radius 1 is 0.924 bits per heavy atom. The molecule has 0 radical (unpaired) electrons. The number of piperidine rings is 1. The predicted octanol–water partition coefficient (Wildman–Crippen LogP) is 8.41. The predicted molar refractivity (Wildman–Crippen MR) is 311 cm³/mol. The van der Waals surface area contributed by atoms with Gasteiger partial charge < -0.3 is 52.2 Å². The van der Waals surface area contributed by atoms with Gasteiger partial charge in [-0.05, 0) is 237 Å². The van der Waals surface area contributed by atoms with Gasteiger partial charge in [-0.25, -0.2) is 0 Å². The molecule has 0 aromatic heterocycles. The Labute approximate surface area is 469 Å². The molecule has 7 fully saturated rings. The highest BCUT2D eigenvalue weighted by Crippen LogP contribution is 2.75. The number of Topliss-reactive ketones (excluding diaryl/α,β-unsaturated/α-hetero) is 1. The van der Waals surface area contributed by atoms with Gasteiger partial charge in [0, 0.05) is 37.8 Å². The van der Waals surface area contributed by atoms with Crippen LogP contribution in [0, 0.1) is 58.2 Å². The fraction of sp³-hybridized carbons (Fsp3) is 0.582. The number of aliphatic hydroxyl groups excluding tert-OH is 3. The molecule has 3 aromatic carbocycles. The standard InChI is InChI=1S/C67H89N5O7/c1-42(75)37-72-65-59-19-18-46-31-62(66(65)21-5-6-22-66)67(59,36-58-56-20-24-69-38-52(56)26-48-13-8-23-70-64(48)58)35-50(46)28-54(76)33-55(77)29-53(40-73)57-34-61(79-41-74)60(78)30-49(57)27-51-39-71-63(68)32-47(51)17-16-45-12-7-11-44(25-45)15-14-43-9-3-2-4-10-43/h2-4,7-13,25,29-30,32,34,39,42,46,48,50,52,56,58-59,62-65,69-75,78H,5-6,14-24,26-28,31,33,35-38,40-41,68H2,1H3. The van der Waals surface area contributed by atoms with E-state index in [1.165, 1.54) is 67.7 Å². The minimum absolute atomic E-state index is 0.0222. The van der Waals surface area contributed by atoms with Gasteiger partial charge in [0.25, 0.3) is 0 Å². The van der Waals surface area contributed by atoms with Gasteiger partial charge in [0.1, 0.15) is 5.78 Å². The Morgan fingerprint density at radius 3 is 2.49 bits per heavy atom. The van der Waals surface area contributed by atoms with Crippen molar-refractivity contribution in [2.45, 2.75) is 147 Å². The first-order chi connectivity index (χ1) is 38.4. The van der Waals surface area contributed by atoms with Crippen LogP contribution >= 0.6 is 0 Å². The van der Waals surface area contributed by atoms with E-state index in [1.54, 1.807) is 12.1 Å². The highest BCUT2D eigenvalue weighted by Gasteiger charge is 2.71. The third-order valence-electron chi connectivity index (χ3n) is 21.2. The molecule has 3 heterocycles. The van der Waals surface area contributed by atoms with E-state index in [-0.39, 0.29) is 52.4 Å². The number of rotatable bonds is 22. The zero-order valence-corrected chi connectivity index (χ0v) is 46.7. The minimum Gasteiger partial charge on any atom is -0.504 e. The number of fused-ring (bicyclic) bond motifs is 4. The van der Waals surface area contributed by atoms with Crippen molar-refractivity contribution in [2.75, 3.05) is 39.6 Å². The summed E-state index contributed by atoms with van der Waals surface area (Å²) in [6, 6.07) is 23.2. The number of allylic oxidation sites excluding steroid dienone is 3. The second-order valence-corrected chi connectivity index (χ2v) is 25.7. The summed E-state index contributed by atoms with van der Waals surface area (Å²) in [6.07, 6.45) is 26.4. The first kappa shape index (κ1) is 56.0. The maximum Gasteiger partial charge on any atom is 0.186 e. The summed E-state index contributed by atoms with van der Waals surface area (Å²) in [5, 5.41) is 58.0. The number of ketones is 2. The number of ether oxygens (including phenoxy) is 1. The number of aromatic hydroxyl groups is 1. The summed E-state index contributed by atoms with van der Waals surface area (Å²) in [5.41, 5.74) is 14.0. The number of carbonyl (C=O) groups excluding carboxylic acids is 2. The van der Waals surface area contributed by atoms with Crippen LogP contribution < -0.4 is 31.7 Å². The number of dihydropyridines is 1. The van der Waals surface area contributed by atoms with Crippen LogP contribution in [0.5, 0.6) is 11.5 Å². The fourth-order valence-electron chi connectivity index (χ4n) is 18.0. The lowest BCUT2D eigenvalue weighted by atomic mass is 9.50. The third-order valence-corrected chi connectivity index (χ3v) is 21.2. The molecule has 10 N–H and O–H groups in total. The van der Waals surface area contributed by atoms with Crippen molar-refractivity contribution in [1.82, 2.24) is 21.3 Å². The number of aliphatic hydroxyl groups is 3. The van der Waals surface area contributed by atoms with Crippen LogP contribution in [0.25, 0.3) is 5.57 Å². The first-order valence-corrected chi connectivity index (χ1v) is 30.4. The molecule has 0 amide bonds. The van der Waals surface area contributed by atoms with E-state index in [0.717, 1.165) is 82.1 Å². The van der Waals surface area contributed by atoms with Crippen molar-refractivity contribution in [3.63, 3.8) is 0 Å². The van der Waals surface area contributed by atoms with Gasteiger partial charge in [-0.3, -0.25) is 9.59 Å². The Balaban J connectivity index is 0.820. The van der Waals surface area contributed by atoms with Crippen molar-refractivity contribution in [3.05, 3.63) is 136 Å². The van der Waals surface area contributed by atoms with E-state index in [2.05, 4.69) is 82.0 Å². The van der Waals surface area contributed by atoms with Crippen LogP contribution in [0.1, 0.15) is 125 Å². The molecule has 12 heteroatoms. The number of nitrogens with two attached hydrogens (primary N) is 1. The number of hydrogen-bond donors (Lipinski definition) is 9. The zero-order chi connectivity index (χ0) is 54.7. The lowest BCUT2D eigenvalue weighted by molar-refractivity contribution is -0.127. The van der Waals surface area contributed by atoms with Crippen molar-refractivity contribution in [3.8, 4) is 11.5 Å². The highest BCUT2D eigenvalue weighted by atomic mass is 16.6. The van der Waals surface area contributed by atoms with E-state index in [4.69, 9.17) is 10.5 Å². The van der Waals surface area contributed by atoms with Gasteiger partial charge in [0.15, 0.2) is 24.1 Å². The van der Waals surface area contributed by atoms with Gasteiger partial charge in [-0.2, -0.15) is 0 Å². The summed E-state index contributed by atoms with van der Waals surface area (Å²) in [6.45, 7) is 4.45. The second-order valence-electron chi connectivity index (χ2n) is 25.7. The lowest BCUT2D eigenvalue weighted by Crippen LogP contribution is -2.58. The molecular formula is C67H89N5O7. The first-order valence-electron chi connectivity index (χ1n) is 30.4. The zero-order valence-electron chi connectivity index (χ0n) is 46.7. The summed E-state index contributed by atoms with van der Waals surface area (Å²) in [5.74, 6) is 3.54. The number of phenols is 1. The van der Waals surface area contributed by atoms with Gasteiger partial charge in [0.2, 0.25) is 0 Å². The van der Waals surface area contributed by atoms with E-state index < -0.39 is 19.5 Å². The number of benzene rings is 3. The molecule has 6 aliphatic carbocycles. The lowest BCUT2D eigenvalue weighted by Gasteiger charge is -2.56. The number of carbonyl (C=O) groups is 2. The van der Waals surface area contributed by atoms with Crippen molar-refractivity contribution in [1.29, 1.82) is 0 Å². The minimum atomic E-state index is -0.676. The summed E-state index contributed by atoms with van der Waals surface area (Å²) in [4.78, 5) is 28.9. The maximum absolute atomic E-state index is 14.6. The SMILES string of the molecule is CC(O)CNC1C2CCC3CC(C2(CC2C4CCNCC4CC4C=CCNC42)CC3CC(=O)CC(=O)C=C(CO)c2cc(OCO)c(O)cc2CC2=CNC(N)C=C2CCc2cccc(CCc3ccccc3)c2)C12CCCC2. The summed E-state index contributed by atoms with van der Waals surface area (Å²) >= 11 is 0. The number of aryl methyl sites for hydroxylation is 3.